The summed E-state index contributed by atoms with van der Waals surface area (Å²) >= 11 is 1.14. The maximum Gasteiger partial charge on any atom is 0.358 e. The molecule has 4 aromatic rings. The zero-order chi connectivity index (χ0) is 28.4. The molecule has 1 amide bonds. The summed E-state index contributed by atoms with van der Waals surface area (Å²) in [5.41, 5.74) is 0.180. The van der Waals surface area contributed by atoms with E-state index in [4.69, 9.17) is 9.47 Å². The second kappa shape index (κ2) is 13.7. The van der Waals surface area contributed by atoms with Gasteiger partial charge in [0.05, 0.1) is 24.6 Å². The van der Waals surface area contributed by atoms with Crippen LogP contribution in [0.5, 0.6) is 0 Å². The smallest absolute Gasteiger partial charge is 0.358 e. The Labute approximate surface area is 238 Å². The molecule has 0 fully saturated rings. The number of benzene rings is 4. The molecule has 0 unspecified atom stereocenters. The second-order valence-electron chi connectivity index (χ2n) is 8.47. The summed E-state index contributed by atoms with van der Waals surface area (Å²) in [6.45, 7) is -2.91. The largest absolute Gasteiger partial charge is 0.468 e. The van der Waals surface area contributed by atoms with Crippen LogP contribution in [0.15, 0.2) is 126 Å². The maximum absolute atomic E-state index is 13.5. The Morgan fingerprint density at radius 3 is 1.48 bits per heavy atom. The molecule has 0 saturated heterocycles. The number of hydrogen-bond acceptors (Lipinski definition) is 6. The van der Waals surface area contributed by atoms with Crippen molar-refractivity contribution < 1.29 is 23.9 Å². The van der Waals surface area contributed by atoms with Crippen molar-refractivity contribution in [1.82, 2.24) is 0 Å². The molecule has 0 heterocycles. The highest BCUT2D eigenvalue weighted by Gasteiger charge is 2.36. The van der Waals surface area contributed by atoms with Crippen LogP contribution >= 0.6 is 18.6 Å². The van der Waals surface area contributed by atoms with E-state index in [9.17, 15) is 14.4 Å². The quantitative estimate of drug-likeness (QED) is 0.168. The van der Waals surface area contributed by atoms with Gasteiger partial charge in [0.15, 0.2) is 5.71 Å². The fourth-order valence-electron chi connectivity index (χ4n) is 4.29. The number of nitrogens with zero attached hydrogens (tertiary/aromatic N) is 1. The van der Waals surface area contributed by atoms with Crippen molar-refractivity contribution in [3.8, 4) is 0 Å². The number of methoxy groups -OCH3 is 2. The van der Waals surface area contributed by atoms with Gasteiger partial charge in [-0.1, -0.05) is 109 Å². The van der Waals surface area contributed by atoms with E-state index in [0.29, 0.717) is 10.2 Å². The van der Waals surface area contributed by atoms with Crippen LogP contribution in [0.3, 0.4) is 0 Å². The molecule has 40 heavy (non-hydrogen) atoms. The number of hydrogen-bond donors (Lipinski definition) is 0. The van der Waals surface area contributed by atoms with E-state index >= 15 is 0 Å². The predicted molar refractivity (Wildman–Crippen MR) is 165 cm³/mol. The van der Waals surface area contributed by atoms with Crippen molar-refractivity contribution in [2.24, 2.45) is 4.99 Å². The number of rotatable bonds is 9. The van der Waals surface area contributed by atoms with Gasteiger partial charge < -0.3 is 9.47 Å². The van der Waals surface area contributed by atoms with Crippen LogP contribution < -0.4 is 15.9 Å². The third kappa shape index (κ3) is 6.17. The Morgan fingerprint density at radius 2 is 1.07 bits per heavy atom. The van der Waals surface area contributed by atoms with Crippen LogP contribution in [-0.2, 0) is 19.1 Å². The van der Waals surface area contributed by atoms with Crippen molar-refractivity contribution in [2.75, 3.05) is 20.0 Å². The molecule has 0 saturated carbocycles. The summed E-state index contributed by atoms with van der Waals surface area (Å²) in [5.74, 6) is -1.95. The van der Waals surface area contributed by atoms with E-state index in [0.717, 1.165) is 27.7 Å². The highest BCUT2D eigenvalue weighted by Crippen LogP contribution is 2.49. The number of carbonyl (C=O) groups is 3. The average Bonchev–Trinajstić information content (AvgIpc) is 3.03. The second-order valence-corrected chi connectivity index (χ2v) is 13.1. The first-order valence-electron chi connectivity index (χ1n) is 12.4. The van der Waals surface area contributed by atoms with Crippen LogP contribution in [0, 0.1) is 0 Å². The summed E-state index contributed by atoms with van der Waals surface area (Å²) < 4.78 is 10.6. The minimum atomic E-state index is -2.91. The third-order valence-corrected chi connectivity index (χ3v) is 12.2. The molecular formula is C32H28NO5PS. The third-order valence-electron chi connectivity index (χ3n) is 6.10. The first-order chi connectivity index (χ1) is 19.5. The Morgan fingerprint density at radius 1 is 0.650 bits per heavy atom. The lowest BCUT2D eigenvalue weighted by atomic mass is 10.2. The first-order valence-corrected chi connectivity index (χ1v) is 15.2. The molecule has 202 valence electrons. The van der Waals surface area contributed by atoms with E-state index in [1.807, 2.05) is 91.0 Å². The molecule has 0 aliphatic heterocycles. The lowest BCUT2D eigenvalue weighted by Gasteiger charge is -2.32. The van der Waals surface area contributed by atoms with Gasteiger partial charge in [0.25, 0.3) is 5.91 Å². The van der Waals surface area contributed by atoms with Crippen LogP contribution in [0.2, 0.25) is 0 Å². The van der Waals surface area contributed by atoms with Gasteiger partial charge in [0, 0.05) is 5.56 Å². The van der Waals surface area contributed by atoms with Gasteiger partial charge in [-0.25, -0.2) is 9.79 Å². The van der Waals surface area contributed by atoms with Gasteiger partial charge >= 0.3 is 11.9 Å². The van der Waals surface area contributed by atoms with Crippen molar-refractivity contribution in [3.63, 3.8) is 0 Å². The lowest BCUT2D eigenvalue weighted by Crippen LogP contribution is -2.36. The number of carbonyl (C=O) groups excluding carboxylic acids is 3. The fraction of sp³-hybridized carbons (Fsp3) is 0.0938. The summed E-state index contributed by atoms with van der Waals surface area (Å²) in [5, 5.41) is 2.76. The van der Waals surface area contributed by atoms with E-state index < -0.39 is 24.7 Å². The molecule has 0 bridgehead atoms. The van der Waals surface area contributed by atoms with Crippen LogP contribution in [0.25, 0.3) is 0 Å². The van der Waals surface area contributed by atoms with Crippen molar-refractivity contribution >= 4 is 62.7 Å². The summed E-state index contributed by atoms with van der Waals surface area (Å²) in [4.78, 5) is 43.8. The number of ether oxygens (including phenoxy) is 2. The molecule has 0 N–H and O–H groups in total. The fourth-order valence-corrected chi connectivity index (χ4v) is 10.8. The average molecular weight is 570 g/mol. The van der Waals surface area contributed by atoms with E-state index in [2.05, 4.69) is 4.99 Å². The SMILES string of the molecule is COC(=O)CSC(C(=NC(=O)c1ccccc1)C(=O)OC)=P(c1ccccc1)(c1ccccc1)c1ccccc1. The maximum atomic E-state index is 13.5. The molecule has 4 aromatic carbocycles. The Bertz CT molecular complexity index is 1450. The highest BCUT2D eigenvalue weighted by atomic mass is 32.2. The van der Waals surface area contributed by atoms with E-state index in [-0.39, 0.29) is 11.5 Å². The number of thioether (sulfide) groups is 1. The van der Waals surface area contributed by atoms with Crippen LogP contribution in [0.4, 0.5) is 0 Å². The summed E-state index contributed by atoms with van der Waals surface area (Å²) in [6.07, 6.45) is 0. The standard InChI is InChI=1S/C32H28NO5PS/c1-37-28(34)23-40-32(29(31(36)38-2)33-30(35)24-15-7-3-8-16-24)39(25-17-9-4-10-18-25,26-19-11-5-12-20-26)27-21-13-6-14-22-27/h3-22H,23H2,1-2H3. The molecule has 4 rings (SSSR count). The lowest BCUT2D eigenvalue weighted by molar-refractivity contribution is -0.137. The predicted octanol–water partition coefficient (Wildman–Crippen LogP) is 4.47. The van der Waals surface area contributed by atoms with Crippen molar-refractivity contribution in [3.05, 3.63) is 127 Å². The monoisotopic (exact) mass is 569 g/mol. The Kier molecular flexibility index (Phi) is 9.90. The van der Waals surface area contributed by atoms with Gasteiger partial charge in [0.2, 0.25) is 0 Å². The minimum Gasteiger partial charge on any atom is -0.468 e. The molecule has 0 atom stereocenters. The van der Waals surface area contributed by atoms with Crippen LogP contribution in [-0.4, -0.2) is 48.2 Å². The van der Waals surface area contributed by atoms with Gasteiger partial charge in [-0.3, -0.25) is 9.59 Å². The van der Waals surface area contributed by atoms with Crippen molar-refractivity contribution in [1.29, 1.82) is 0 Å². The van der Waals surface area contributed by atoms with Gasteiger partial charge in [0.1, 0.15) is 0 Å². The van der Waals surface area contributed by atoms with E-state index in [1.54, 1.807) is 30.3 Å². The molecule has 0 spiro atoms. The van der Waals surface area contributed by atoms with E-state index in [1.165, 1.54) is 14.2 Å². The molecular weight excluding hydrogens is 541 g/mol. The molecule has 0 radical (unpaired) electrons. The Hall–Kier alpha value is -4.19. The zero-order valence-corrected chi connectivity index (χ0v) is 23.8. The molecule has 6 nitrogen and oxygen atoms in total. The number of aliphatic imine (C=N–C) groups is 1. The highest BCUT2D eigenvalue weighted by molar-refractivity contribution is 8.27. The van der Waals surface area contributed by atoms with Crippen LogP contribution in [0.1, 0.15) is 10.4 Å². The normalized spacial score (nSPS) is 11.4. The van der Waals surface area contributed by atoms with Gasteiger partial charge in [-0.15, -0.1) is 11.8 Å². The number of esters is 2. The minimum absolute atomic E-state index is 0.102. The Balaban J connectivity index is 2.22. The molecule has 0 aromatic heterocycles. The topological polar surface area (TPSA) is 82.0 Å². The van der Waals surface area contributed by atoms with Crippen molar-refractivity contribution in [2.45, 2.75) is 0 Å². The molecule has 0 aliphatic carbocycles. The first kappa shape index (κ1) is 28.8. The number of amides is 1. The van der Waals surface area contributed by atoms with Gasteiger partial charge in [-0.2, -0.15) is 0 Å². The molecule has 8 heteroatoms. The summed E-state index contributed by atoms with van der Waals surface area (Å²) in [7, 11) is 2.56. The molecule has 0 aliphatic rings. The summed E-state index contributed by atoms with van der Waals surface area (Å²) in [6, 6.07) is 37.9. The zero-order valence-electron chi connectivity index (χ0n) is 22.1. The van der Waals surface area contributed by atoms with Gasteiger partial charge in [-0.05, 0) is 34.9 Å².